The third-order valence-corrected chi connectivity index (χ3v) is 6.19. The van der Waals surface area contributed by atoms with E-state index in [9.17, 15) is 4.79 Å². The Morgan fingerprint density at radius 1 is 1.00 bits per heavy atom. The van der Waals surface area contributed by atoms with Gasteiger partial charge in [-0.3, -0.25) is 4.79 Å². The maximum atomic E-state index is 13.3. The molecule has 1 aliphatic heterocycles. The zero-order valence-corrected chi connectivity index (χ0v) is 19.5. The van der Waals surface area contributed by atoms with Crippen LogP contribution in [0.2, 0.25) is 0 Å². The van der Waals surface area contributed by atoms with Crippen LogP contribution >= 0.6 is 12.4 Å². The van der Waals surface area contributed by atoms with Crippen molar-refractivity contribution >= 4 is 24.0 Å². The fourth-order valence-electron chi connectivity index (χ4n) is 4.36. The van der Waals surface area contributed by atoms with Crippen molar-refractivity contribution in [2.75, 3.05) is 18.4 Å². The molecule has 2 aromatic carbocycles. The standard InChI is InChI=1S/C25H30N4O.ClH/c1-16-8-9-21(14-19(16)4)28-25(30)22-15-27-29(23-17(2)6-5-7-18(23)3)24(22)20-10-12-26-13-11-20;/h5-9,14-15,20,26H,10-13H2,1-4H3,(H,28,30);1H. The Morgan fingerprint density at radius 2 is 1.68 bits per heavy atom. The van der Waals surface area contributed by atoms with E-state index >= 15 is 0 Å². The molecule has 1 aliphatic rings. The summed E-state index contributed by atoms with van der Waals surface area (Å²) in [6.45, 7) is 10.3. The highest BCUT2D eigenvalue weighted by Crippen LogP contribution is 2.32. The second-order valence-electron chi connectivity index (χ2n) is 8.37. The van der Waals surface area contributed by atoms with Gasteiger partial charge in [-0.1, -0.05) is 24.3 Å². The summed E-state index contributed by atoms with van der Waals surface area (Å²) in [6.07, 6.45) is 3.74. The number of benzene rings is 2. The van der Waals surface area contributed by atoms with Crippen LogP contribution in [0, 0.1) is 27.7 Å². The summed E-state index contributed by atoms with van der Waals surface area (Å²) in [4.78, 5) is 13.3. The molecule has 3 aromatic rings. The molecule has 0 radical (unpaired) electrons. The number of rotatable bonds is 4. The number of amides is 1. The second-order valence-corrected chi connectivity index (χ2v) is 8.37. The van der Waals surface area contributed by atoms with Crippen molar-refractivity contribution in [1.82, 2.24) is 15.1 Å². The summed E-state index contributed by atoms with van der Waals surface area (Å²) < 4.78 is 2.01. The van der Waals surface area contributed by atoms with Crippen LogP contribution in [0.1, 0.15) is 57.1 Å². The molecule has 1 amide bonds. The van der Waals surface area contributed by atoms with Gasteiger partial charge in [0.2, 0.25) is 0 Å². The van der Waals surface area contributed by atoms with E-state index in [4.69, 9.17) is 5.10 Å². The Balaban J connectivity index is 0.00000272. The number of nitrogens with zero attached hydrogens (tertiary/aromatic N) is 2. The molecule has 2 N–H and O–H groups in total. The number of para-hydroxylation sites is 1. The molecule has 0 atom stereocenters. The minimum absolute atomic E-state index is 0. The number of aryl methyl sites for hydroxylation is 4. The van der Waals surface area contributed by atoms with Gasteiger partial charge in [0, 0.05) is 11.6 Å². The first-order chi connectivity index (χ1) is 14.5. The van der Waals surface area contributed by atoms with Crippen LogP contribution in [0.15, 0.2) is 42.6 Å². The average molecular weight is 439 g/mol. The molecule has 5 nitrogen and oxygen atoms in total. The number of hydrogen-bond donors (Lipinski definition) is 2. The summed E-state index contributed by atoms with van der Waals surface area (Å²) in [5.74, 6) is 0.206. The molecule has 1 fully saturated rings. The van der Waals surface area contributed by atoms with Crippen LogP contribution in [-0.4, -0.2) is 28.8 Å². The number of halogens is 1. The monoisotopic (exact) mass is 438 g/mol. The summed E-state index contributed by atoms with van der Waals surface area (Å²) in [5.41, 5.74) is 8.29. The Bertz CT molecular complexity index is 1060. The maximum Gasteiger partial charge on any atom is 0.259 e. The lowest BCUT2D eigenvalue weighted by Crippen LogP contribution is -2.29. The first-order valence-corrected chi connectivity index (χ1v) is 10.7. The van der Waals surface area contributed by atoms with Crippen molar-refractivity contribution in [3.8, 4) is 5.69 Å². The molecule has 6 heteroatoms. The third kappa shape index (κ3) is 4.68. The Labute approximate surface area is 190 Å². The third-order valence-electron chi connectivity index (χ3n) is 6.19. The van der Waals surface area contributed by atoms with E-state index in [1.165, 1.54) is 5.56 Å². The lowest BCUT2D eigenvalue weighted by atomic mass is 9.91. The molecule has 0 bridgehead atoms. The fourth-order valence-corrected chi connectivity index (χ4v) is 4.36. The van der Waals surface area contributed by atoms with Crippen molar-refractivity contribution in [2.24, 2.45) is 0 Å². The van der Waals surface area contributed by atoms with Crippen LogP contribution in [0.25, 0.3) is 5.69 Å². The lowest BCUT2D eigenvalue weighted by molar-refractivity contribution is 0.102. The molecule has 0 unspecified atom stereocenters. The predicted octanol–water partition coefficient (Wildman–Crippen LogP) is 5.25. The predicted molar refractivity (Wildman–Crippen MR) is 129 cm³/mol. The first kappa shape index (κ1) is 23.0. The number of anilines is 1. The van der Waals surface area contributed by atoms with Gasteiger partial charge in [0.25, 0.3) is 5.91 Å². The fraction of sp³-hybridized carbons (Fsp3) is 0.360. The van der Waals surface area contributed by atoms with E-state index in [-0.39, 0.29) is 18.3 Å². The number of carbonyl (C=O) groups is 1. The molecule has 1 aromatic heterocycles. The number of piperidine rings is 1. The molecular weight excluding hydrogens is 408 g/mol. The van der Waals surface area contributed by atoms with Gasteiger partial charge in [-0.25, -0.2) is 4.68 Å². The Hall–Kier alpha value is -2.63. The average Bonchev–Trinajstić information content (AvgIpc) is 3.16. The zero-order chi connectivity index (χ0) is 21.3. The smallest absolute Gasteiger partial charge is 0.259 e. The summed E-state index contributed by atoms with van der Waals surface area (Å²) in [5, 5.41) is 11.2. The number of aromatic nitrogens is 2. The van der Waals surface area contributed by atoms with Crippen LogP contribution in [0.5, 0.6) is 0 Å². The Morgan fingerprint density at radius 3 is 2.32 bits per heavy atom. The number of nitrogens with one attached hydrogen (secondary N) is 2. The van der Waals surface area contributed by atoms with Crippen molar-refractivity contribution < 1.29 is 4.79 Å². The largest absolute Gasteiger partial charge is 0.322 e. The number of hydrogen-bond acceptors (Lipinski definition) is 3. The molecule has 2 heterocycles. The highest BCUT2D eigenvalue weighted by Gasteiger charge is 2.28. The SMILES string of the molecule is Cc1ccc(NC(=O)c2cnn(-c3c(C)cccc3C)c2C2CCNCC2)cc1C.Cl. The molecule has 31 heavy (non-hydrogen) atoms. The van der Waals surface area contributed by atoms with Gasteiger partial charge in [-0.05, 0) is 88.0 Å². The van der Waals surface area contributed by atoms with E-state index in [2.05, 4.69) is 56.5 Å². The molecule has 0 aliphatic carbocycles. The summed E-state index contributed by atoms with van der Waals surface area (Å²) in [7, 11) is 0. The minimum Gasteiger partial charge on any atom is -0.322 e. The second kappa shape index (κ2) is 9.67. The topological polar surface area (TPSA) is 59.0 Å². The van der Waals surface area contributed by atoms with Gasteiger partial charge in [-0.15, -0.1) is 12.4 Å². The molecule has 1 saturated heterocycles. The molecule has 0 saturated carbocycles. The van der Waals surface area contributed by atoms with E-state index in [0.29, 0.717) is 11.5 Å². The number of carbonyl (C=O) groups excluding carboxylic acids is 1. The van der Waals surface area contributed by atoms with Gasteiger partial charge in [0.05, 0.1) is 23.1 Å². The molecule has 4 rings (SSSR count). The van der Waals surface area contributed by atoms with Crippen molar-refractivity contribution in [1.29, 1.82) is 0 Å². The van der Waals surface area contributed by atoms with Crippen LogP contribution in [0.3, 0.4) is 0 Å². The van der Waals surface area contributed by atoms with E-state index in [1.807, 2.05) is 22.9 Å². The first-order valence-electron chi connectivity index (χ1n) is 10.7. The van der Waals surface area contributed by atoms with E-state index in [0.717, 1.165) is 59.7 Å². The van der Waals surface area contributed by atoms with Gasteiger partial charge in [0.15, 0.2) is 0 Å². The molecular formula is C25H31ClN4O. The van der Waals surface area contributed by atoms with Crippen molar-refractivity contribution in [3.05, 3.63) is 76.1 Å². The van der Waals surface area contributed by atoms with Gasteiger partial charge < -0.3 is 10.6 Å². The van der Waals surface area contributed by atoms with Gasteiger partial charge in [-0.2, -0.15) is 5.10 Å². The normalized spacial score (nSPS) is 14.2. The van der Waals surface area contributed by atoms with Gasteiger partial charge >= 0.3 is 0 Å². The van der Waals surface area contributed by atoms with Crippen LogP contribution < -0.4 is 10.6 Å². The minimum atomic E-state index is -0.0933. The van der Waals surface area contributed by atoms with Crippen LogP contribution in [-0.2, 0) is 0 Å². The summed E-state index contributed by atoms with van der Waals surface area (Å²) in [6, 6.07) is 12.3. The Kier molecular flexibility index (Phi) is 7.19. The van der Waals surface area contributed by atoms with E-state index in [1.54, 1.807) is 6.20 Å². The molecule has 164 valence electrons. The summed E-state index contributed by atoms with van der Waals surface area (Å²) >= 11 is 0. The quantitative estimate of drug-likeness (QED) is 0.585. The van der Waals surface area contributed by atoms with Crippen LogP contribution in [0.4, 0.5) is 5.69 Å². The zero-order valence-electron chi connectivity index (χ0n) is 18.7. The van der Waals surface area contributed by atoms with Crippen molar-refractivity contribution in [2.45, 2.75) is 46.5 Å². The van der Waals surface area contributed by atoms with E-state index < -0.39 is 0 Å². The lowest BCUT2D eigenvalue weighted by Gasteiger charge is -2.25. The molecule has 0 spiro atoms. The highest BCUT2D eigenvalue weighted by molar-refractivity contribution is 6.05. The van der Waals surface area contributed by atoms with Crippen molar-refractivity contribution in [3.63, 3.8) is 0 Å². The maximum absolute atomic E-state index is 13.3. The van der Waals surface area contributed by atoms with Gasteiger partial charge in [0.1, 0.15) is 0 Å². The highest BCUT2D eigenvalue weighted by atomic mass is 35.5.